The Morgan fingerprint density at radius 1 is 1.03 bits per heavy atom. The lowest BCUT2D eigenvalue weighted by Gasteiger charge is -2.31. The van der Waals surface area contributed by atoms with E-state index < -0.39 is 6.04 Å². The Labute approximate surface area is 204 Å². The maximum atomic E-state index is 13.4. The molecule has 0 heterocycles. The topological polar surface area (TPSA) is 58.6 Å². The van der Waals surface area contributed by atoms with Crippen LogP contribution in [-0.2, 0) is 16.1 Å². The molecule has 2 amide bonds. The SMILES string of the molecule is CCCNC(=O)C(CC)N(Cc1ccc(Cl)cc1Cl)C(=O)COc1cccc2ccccc12. The number of nitrogens with zero attached hydrogens (tertiary/aromatic N) is 1. The molecule has 0 bridgehead atoms. The molecule has 3 aromatic rings. The molecule has 0 aliphatic carbocycles. The molecular weight excluding hydrogens is 459 g/mol. The first-order valence-corrected chi connectivity index (χ1v) is 11.8. The van der Waals surface area contributed by atoms with Gasteiger partial charge in [0.25, 0.3) is 5.91 Å². The molecule has 1 N–H and O–H groups in total. The van der Waals surface area contributed by atoms with Gasteiger partial charge in [0.2, 0.25) is 5.91 Å². The predicted molar refractivity (Wildman–Crippen MR) is 134 cm³/mol. The van der Waals surface area contributed by atoms with Crippen LogP contribution in [0.1, 0.15) is 32.3 Å². The number of nitrogens with one attached hydrogen (secondary N) is 1. The van der Waals surface area contributed by atoms with Crippen molar-refractivity contribution in [2.75, 3.05) is 13.2 Å². The van der Waals surface area contributed by atoms with Gasteiger partial charge >= 0.3 is 0 Å². The van der Waals surface area contributed by atoms with Gasteiger partial charge in [0.1, 0.15) is 11.8 Å². The Balaban J connectivity index is 1.84. The van der Waals surface area contributed by atoms with Crippen LogP contribution in [0.2, 0.25) is 10.0 Å². The van der Waals surface area contributed by atoms with E-state index in [1.807, 2.05) is 56.3 Å². The van der Waals surface area contributed by atoms with Crippen molar-refractivity contribution in [2.24, 2.45) is 0 Å². The number of hydrogen-bond acceptors (Lipinski definition) is 3. The fourth-order valence-corrected chi connectivity index (χ4v) is 4.13. The molecule has 3 aromatic carbocycles. The maximum absolute atomic E-state index is 13.4. The van der Waals surface area contributed by atoms with Gasteiger partial charge in [0, 0.05) is 28.5 Å². The Kier molecular flexibility index (Phi) is 8.98. The Bertz CT molecular complexity index is 1110. The van der Waals surface area contributed by atoms with Gasteiger partial charge in [-0.3, -0.25) is 9.59 Å². The third kappa shape index (κ3) is 6.40. The van der Waals surface area contributed by atoms with Crippen LogP contribution in [-0.4, -0.2) is 35.9 Å². The van der Waals surface area contributed by atoms with Gasteiger partial charge in [0.05, 0.1) is 0 Å². The molecule has 3 rings (SSSR count). The van der Waals surface area contributed by atoms with Crippen LogP contribution in [0.25, 0.3) is 10.8 Å². The average Bonchev–Trinajstić information content (AvgIpc) is 2.82. The first kappa shape index (κ1) is 24.9. The summed E-state index contributed by atoms with van der Waals surface area (Å²) >= 11 is 12.4. The molecule has 174 valence electrons. The van der Waals surface area contributed by atoms with Gasteiger partial charge in [-0.15, -0.1) is 0 Å². The average molecular weight is 487 g/mol. The lowest BCUT2D eigenvalue weighted by atomic mass is 10.1. The van der Waals surface area contributed by atoms with E-state index in [4.69, 9.17) is 27.9 Å². The van der Waals surface area contributed by atoms with Crippen molar-refractivity contribution in [3.8, 4) is 5.75 Å². The fraction of sp³-hybridized carbons (Fsp3) is 0.308. The molecule has 0 saturated carbocycles. The number of carbonyl (C=O) groups is 2. The number of hydrogen-bond donors (Lipinski definition) is 1. The number of carbonyl (C=O) groups excluding carboxylic acids is 2. The first-order valence-electron chi connectivity index (χ1n) is 11.1. The summed E-state index contributed by atoms with van der Waals surface area (Å²) in [6.07, 6.45) is 1.27. The molecule has 0 aliphatic rings. The minimum Gasteiger partial charge on any atom is -0.483 e. The van der Waals surface area contributed by atoms with Crippen molar-refractivity contribution in [3.63, 3.8) is 0 Å². The third-order valence-electron chi connectivity index (χ3n) is 5.39. The summed E-state index contributed by atoms with van der Waals surface area (Å²) in [6.45, 7) is 4.38. The molecule has 0 spiro atoms. The van der Waals surface area contributed by atoms with Crippen LogP contribution in [0.4, 0.5) is 0 Å². The lowest BCUT2D eigenvalue weighted by Crippen LogP contribution is -2.50. The minimum absolute atomic E-state index is 0.172. The molecule has 5 nitrogen and oxygen atoms in total. The summed E-state index contributed by atoms with van der Waals surface area (Å²) < 4.78 is 5.93. The van der Waals surface area contributed by atoms with E-state index in [0.29, 0.717) is 34.3 Å². The zero-order valence-electron chi connectivity index (χ0n) is 18.8. The fourth-order valence-electron chi connectivity index (χ4n) is 3.66. The Morgan fingerprint density at radius 3 is 2.52 bits per heavy atom. The Morgan fingerprint density at radius 2 is 1.79 bits per heavy atom. The molecule has 33 heavy (non-hydrogen) atoms. The summed E-state index contributed by atoms with van der Waals surface area (Å²) in [7, 11) is 0. The van der Waals surface area contributed by atoms with Crippen LogP contribution in [0.3, 0.4) is 0 Å². The standard InChI is InChI=1S/C26H28Cl2N2O3/c1-3-14-29-26(32)23(4-2)30(16-19-12-13-20(27)15-22(19)28)25(31)17-33-24-11-7-9-18-8-5-6-10-21(18)24/h5-13,15,23H,3-4,14,16-17H2,1-2H3,(H,29,32). The van der Waals surface area contributed by atoms with Crippen molar-refractivity contribution < 1.29 is 14.3 Å². The minimum atomic E-state index is -0.646. The van der Waals surface area contributed by atoms with E-state index in [-0.39, 0.29) is 25.0 Å². The zero-order valence-corrected chi connectivity index (χ0v) is 20.3. The number of fused-ring (bicyclic) bond motifs is 1. The quantitative estimate of drug-likeness (QED) is 0.390. The molecule has 0 aliphatic heterocycles. The van der Waals surface area contributed by atoms with Crippen LogP contribution >= 0.6 is 23.2 Å². The van der Waals surface area contributed by atoms with Crippen molar-refractivity contribution in [1.29, 1.82) is 0 Å². The molecular formula is C26H28Cl2N2O3. The molecule has 0 aromatic heterocycles. The smallest absolute Gasteiger partial charge is 0.261 e. The van der Waals surface area contributed by atoms with E-state index in [0.717, 1.165) is 17.2 Å². The summed E-state index contributed by atoms with van der Waals surface area (Å²) in [5, 5.41) is 5.80. The van der Waals surface area contributed by atoms with Crippen molar-refractivity contribution >= 4 is 45.8 Å². The van der Waals surface area contributed by atoms with Gasteiger partial charge in [-0.05, 0) is 42.0 Å². The predicted octanol–water partition coefficient (Wildman–Crippen LogP) is 5.86. The van der Waals surface area contributed by atoms with Gasteiger partial charge in [-0.2, -0.15) is 0 Å². The number of amides is 2. The number of benzene rings is 3. The molecule has 0 saturated heterocycles. The van der Waals surface area contributed by atoms with Crippen LogP contribution < -0.4 is 10.1 Å². The van der Waals surface area contributed by atoms with Gasteiger partial charge < -0.3 is 15.0 Å². The van der Waals surface area contributed by atoms with E-state index >= 15 is 0 Å². The largest absolute Gasteiger partial charge is 0.483 e. The zero-order chi connectivity index (χ0) is 23.8. The van der Waals surface area contributed by atoms with Crippen molar-refractivity contribution in [1.82, 2.24) is 10.2 Å². The highest BCUT2D eigenvalue weighted by molar-refractivity contribution is 6.35. The Hall–Kier alpha value is -2.76. The molecule has 0 radical (unpaired) electrons. The first-order chi connectivity index (χ1) is 15.9. The second-order valence-electron chi connectivity index (χ2n) is 7.74. The second kappa shape index (κ2) is 11.9. The monoisotopic (exact) mass is 486 g/mol. The molecule has 1 atom stereocenters. The number of rotatable bonds is 10. The van der Waals surface area contributed by atoms with Crippen LogP contribution in [0.15, 0.2) is 60.7 Å². The van der Waals surface area contributed by atoms with Crippen molar-refractivity contribution in [2.45, 2.75) is 39.3 Å². The van der Waals surface area contributed by atoms with Crippen molar-refractivity contribution in [3.05, 3.63) is 76.3 Å². The van der Waals surface area contributed by atoms with Gasteiger partial charge in [0.15, 0.2) is 6.61 Å². The van der Waals surface area contributed by atoms with E-state index in [1.165, 1.54) is 4.90 Å². The van der Waals surface area contributed by atoms with E-state index in [9.17, 15) is 9.59 Å². The molecule has 7 heteroatoms. The van der Waals surface area contributed by atoms with Gasteiger partial charge in [-0.25, -0.2) is 0 Å². The van der Waals surface area contributed by atoms with Crippen LogP contribution in [0, 0.1) is 0 Å². The number of halogens is 2. The van der Waals surface area contributed by atoms with E-state index in [1.54, 1.807) is 18.2 Å². The normalized spacial score (nSPS) is 11.8. The van der Waals surface area contributed by atoms with Crippen LogP contribution in [0.5, 0.6) is 5.75 Å². The highest BCUT2D eigenvalue weighted by Crippen LogP contribution is 2.26. The lowest BCUT2D eigenvalue weighted by molar-refractivity contribution is -0.142. The third-order valence-corrected chi connectivity index (χ3v) is 5.98. The van der Waals surface area contributed by atoms with E-state index in [2.05, 4.69) is 5.32 Å². The summed E-state index contributed by atoms with van der Waals surface area (Å²) in [5.41, 5.74) is 0.710. The second-order valence-corrected chi connectivity index (χ2v) is 8.58. The molecule has 1 unspecified atom stereocenters. The maximum Gasteiger partial charge on any atom is 0.261 e. The molecule has 0 fully saturated rings. The van der Waals surface area contributed by atoms with Gasteiger partial charge in [-0.1, -0.05) is 79.5 Å². The summed E-state index contributed by atoms with van der Waals surface area (Å²) in [5.74, 6) is 0.129. The highest BCUT2D eigenvalue weighted by atomic mass is 35.5. The number of ether oxygens (including phenoxy) is 1. The summed E-state index contributed by atoms with van der Waals surface area (Å²) in [4.78, 5) is 27.8. The summed E-state index contributed by atoms with van der Waals surface area (Å²) in [6, 6.07) is 18.0. The highest BCUT2D eigenvalue weighted by Gasteiger charge is 2.29.